The van der Waals surface area contributed by atoms with Crippen LogP contribution in [-0.4, -0.2) is 15.9 Å². The van der Waals surface area contributed by atoms with Crippen LogP contribution < -0.4 is 0 Å². The van der Waals surface area contributed by atoms with Gasteiger partial charge in [-0.15, -0.1) is 0 Å². The van der Waals surface area contributed by atoms with E-state index in [1.165, 1.54) is 11.1 Å². The Hall–Kier alpha value is -1.38. The topological polar surface area (TPSA) is 16.1 Å². The SMILES string of the molecule is CC(C)N(Cc1ccccc1)Cc1ccc(Cl)nc1. The Balaban J connectivity index is 2.06. The van der Waals surface area contributed by atoms with E-state index < -0.39 is 0 Å². The van der Waals surface area contributed by atoms with Gasteiger partial charge in [-0.1, -0.05) is 48.0 Å². The maximum atomic E-state index is 5.82. The van der Waals surface area contributed by atoms with Crippen molar-refractivity contribution < 1.29 is 0 Å². The zero-order valence-electron chi connectivity index (χ0n) is 11.4. The molecule has 0 atom stereocenters. The van der Waals surface area contributed by atoms with Crippen LogP contribution in [0, 0.1) is 0 Å². The molecule has 1 aromatic carbocycles. The van der Waals surface area contributed by atoms with Crippen LogP contribution in [0.2, 0.25) is 5.15 Å². The Kier molecular flexibility index (Phi) is 4.94. The number of aromatic nitrogens is 1. The molecule has 0 saturated carbocycles. The molecule has 0 aliphatic heterocycles. The van der Waals surface area contributed by atoms with Gasteiger partial charge in [0.1, 0.15) is 5.15 Å². The number of halogens is 1. The van der Waals surface area contributed by atoms with Gasteiger partial charge in [-0.25, -0.2) is 4.98 Å². The molecule has 100 valence electrons. The molecule has 0 radical (unpaired) electrons. The third-order valence-electron chi connectivity index (χ3n) is 3.13. The summed E-state index contributed by atoms with van der Waals surface area (Å²) in [5.74, 6) is 0. The number of pyridine rings is 1. The van der Waals surface area contributed by atoms with Crippen molar-refractivity contribution in [1.29, 1.82) is 0 Å². The van der Waals surface area contributed by atoms with Gasteiger partial charge in [0.2, 0.25) is 0 Å². The van der Waals surface area contributed by atoms with Gasteiger partial charge in [0.05, 0.1) is 0 Å². The summed E-state index contributed by atoms with van der Waals surface area (Å²) in [6.45, 7) is 6.26. The average molecular weight is 275 g/mol. The number of nitrogens with zero attached hydrogens (tertiary/aromatic N) is 2. The lowest BCUT2D eigenvalue weighted by molar-refractivity contribution is 0.203. The molecular weight excluding hydrogens is 256 g/mol. The smallest absolute Gasteiger partial charge is 0.129 e. The fraction of sp³-hybridized carbons (Fsp3) is 0.312. The molecule has 0 saturated heterocycles. The van der Waals surface area contributed by atoms with E-state index in [0.717, 1.165) is 13.1 Å². The van der Waals surface area contributed by atoms with Gasteiger partial charge in [-0.2, -0.15) is 0 Å². The normalized spacial score (nSPS) is 11.2. The average Bonchev–Trinajstić information content (AvgIpc) is 2.41. The molecule has 1 heterocycles. The molecule has 0 fully saturated rings. The highest BCUT2D eigenvalue weighted by Crippen LogP contribution is 2.13. The minimum absolute atomic E-state index is 0.482. The molecule has 2 aromatic rings. The van der Waals surface area contributed by atoms with Crippen LogP contribution in [-0.2, 0) is 13.1 Å². The van der Waals surface area contributed by atoms with E-state index >= 15 is 0 Å². The van der Waals surface area contributed by atoms with Crippen LogP contribution in [0.3, 0.4) is 0 Å². The van der Waals surface area contributed by atoms with Gasteiger partial charge >= 0.3 is 0 Å². The van der Waals surface area contributed by atoms with Crippen LogP contribution in [0.5, 0.6) is 0 Å². The molecule has 0 N–H and O–H groups in total. The van der Waals surface area contributed by atoms with Crippen LogP contribution in [0.1, 0.15) is 25.0 Å². The summed E-state index contributed by atoms with van der Waals surface area (Å²) >= 11 is 5.82. The molecule has 2 rings (SSSR count). The summed E-state index contributed by atoms with van der Waals surface area (Å²) in [5.41, 5.74) is 2.52. The Morgan fingerprint density at radius 2 is 1.68 bits per heavy atom. The van der Waals surface area contributed by atoms with Gasteiger partial charge in [-0.05, 0) is 31.0 Å². The van der Waals surface area contributed by atoms with Crippen LogP contribution in [0.15, 0.2) is 48.7 Å². The van der Waals surface area contributed by atoms with Crippen molar-refractivity contribution in [3.05, 3.63) is 64.9 Å². The number of hydrogen-bond donors (Lipinski definition) is 0. The van der Waals surface area contributed by atoms with Crippen LogP contribution >= 0.6 is 11.6 Å². The first kappa shape index (κ1) is 14.0. The molecule has 0 aliphatic carbocycles. The Bertz CT molecular complexity index is 494. The van der Waals surface area contributed by atoms with Crippen molar-refractivity contribution in [3.8, 4) is 0 Å². The monoisotopic (exact) mass is 274 g/mol. The first-order chi connectivity index (χ1) is 9.15. The molecule has 0 amide bonds. The third kappa shape index (κ3) is 4.34. The molecule has 0 unspecified atom stereocenters. The fourth-order valence-electron chi connectivity index (χ4n) is 1.97. The predicted molar refractivity (Wildman–Crippen MR) is 80.1 cm³/mol. The summed E-state index contributed by atoms with van der Waals surface area (Å²) in [7, 11) is 0. The molecule has 0 spiro atoms. The molecule has 0 aliphatic rings. The van der Waals surface area contributed by atoms with E-state index in [4.69, 9.17) is 11.6 Å². The van der Waals surface area contributed by atoms with Gasteiger partial charge in [-0.3, -0.25) is 4.90 Å². The lowest BCUT2D eigenvalue weighted by Crippen LogP contribution is -2.29. The second-order valence-electron chi connectivity index (χ2n) is 4.97. The molecule has 0 bridgehead atoms. The Morgan fingerprint density at radius 1 is 1.00 bits per heavy atom. The van der Waals surface area contributed by atoms with Crippen molar-refractivity contribution in [1.82, 2.24) is 9.88 Å². The largest absolute Gasteiger partial charge is 0.292 e. The van der Waals surface area contributed by atoms with Crippen molar-refractivity contribution in [2.24, 2.45) is 0 Å². The van der Waals surface area contributed by atoms with Crippen LogP contribution in [0.25, 0.3) is 0 Å². The molecule has 1 aromatic heterocycles. The second kappa shape index (κ2) is 6.69. The molecule has 2 nitrogen and oxygen atoms in total. The molecular formula is C16H19ClN2. The summed E-state index contributed by atoms with van der Waals surface area (Å²) < 4.78 is 0. The number of hydrogen-bond acceptors (Lipinski definition) is 2. The summed E-state index contributed by atoms with van der Waals surface area (Å²) in [6, 6.07) is 14.9. The van der Waals surface area contributed by atoms with E-state index in [1.807, 2.05) is 24.4 Å². The fourth-order valence-corrected chi connectivity index (χ4v) is 2.09. The van der Waals surface area contributed by atoms with Gasteiger partial charge in [0.25, 0.3) is 0 Å². The lowest BCUT2D eigenvalue weighted by Gasteiger charge is -2.26. The number of rotatable bonds is 5. The van der Waals surface area contributed by atoms with Gasteiger partial charge < -0.3 is 0 Å². The van der Waals surface area contributed by atoms with E-state index in [-0.39, 0.29) is 0 Å². The van der Waals surface area contributed by atoms with E-state index in [0.29, 0.717) is 11.2 Å². The third-order valence-corrected chi connectivity index (χ3v) is 3.36. The van der Waals surface area contributed by atoms with Gasteiger partial charge in [0, 0.05) is 25.3 Å². The van der Waals surface area contributed by atoms with Crippen molar-refractivity contribution in [2.45, 2.75) is 33.0 Å². The first-order valence-corrected chi connectivity index (χ1v) is 6.91. The Morgan fingerprint density at radius 3 is 2.26 bits per heavy atom. The van der Waals surface area contributed by atoms with Gasteiger partial charge in [0.15, 0.2) is 0 Å². The zero-order chi connectivity index (χ0) is 13.7. The first-order valence-electron chi connectivity index (χ1n) is 6.53. The minimum atomic E-state index is 0.482. The highest BCUT2D eigenvalue weighted by Gasteiger charge is 2.11. The van der Waals surface area contributed by atoms with Crippen molar-refractivity contribution in [2.75, 3.05) is 0 Å². The zero-order valence-corrected chi connectivity index (χ0v) is 12.1. The Labute approximate surface area is 120 Å². The lowest BCUT2D eigenvalue weighted by atomic mass is 10.1. The molecule has 3 heteroatoms. The number of benzene rings is 1. The molecule has 19 heavy (non-hydrogen) atoms. The van der Waals surface area contributed by atoms with E-state index in [9.17, 15) is 0 Å². The standard InChI is InChI=1S/C16H19ClN2/c1-13(2)19(11-14-6-4-3-5-7-14)12-15-8-9-16(17)18-10-15/h3-10,13H,11-12H2,1-2H3. The van der Waals surface area contributed by atoms with E-state index in [2.05, 4.69) is 48.0 Å². The highest BCUT2D eigenvalue weighted by molar-refractivity contribution is 6.29. The summed E-state index contributed by atoms with van der Waals surface area (Å²) in [5, 5.41) is 0.544. The van der Waals surface area contributed by atoms with Crippen LogP contribution in [0.4, 0.5) is 0 Å². The quantitative estimate of drug-likeness (QED) is 0.762. The van der Waals surface area contributed by atoms with Crippen molar-refractivity contribution >= 4 is 11.6 Å². The maximum absolute atomic E-state index is 5.82. The van der Waals surface area contributed by atoms with Crippen molar-refractivity contribution in [3.63, 3.8) is 0 Å². The second-order valence-corrected chi connectivity index (χ2v) is 5.36. The predicted octanol–water partition coefficient (Wildman–Crippen LogP) is 4.15. The maximum Gasteiger partial charge on any atom is 0.129 e. The van der Waals surface area contributed by atoms with E-state index in [1.54, 1.807) is 0 Å². The summed E-state index contributed by atoms with van der Waals surface area (Å²) in [6.07, 6.45) is 1.85. The minimum Gasteiger partial charge on any atom is -0.292 e. The summed E-state index contributed by atoms with van der Waals surface area (Å²) in [4.78, 5) is 6.55. The highest BCUT2D eigenvalue weighted by atomic mass is 35.5.